The molecule has 0 radical (unpaired) electrons. The number of benzene rings is 1. The summed E-state index contributed by atoms with van der Waals surface area (Å²) in [6, 6.07) is 7.35. The summed E-state index contributed by atoms with van der Waals surface area (Å²) in [6.45, 7) is 8.01. The van der Waals surface area contributed by atoms with Gasteiger partial charge in [-0.2, -0.15) is 0 Å². The zero-order valence-electron chi connectivity index (χ0n) is 11.0. The van der Waals surface area contributed by atoms with Gasteiger partial charge in [-0.1, -0.05) is 6.07 Å². The molecule has 1 saturated heterocycles. The SMILES string of the molecule is CC1NCCN(Cc2ccc3c(c2)OCO3)C1C. The van der Waals surface area contributed by atoms with Crippen LogP contribution in [-0.4, -0.2) is 36.9 Å². The van der Waals surface area contributed by atoms with Gasteiger partial charge in [-0.15, -0.1) is 0 Å². The predicted octanol–water partition coefficient (Wildman–Crippen LogP) is 1.60. The van der Waals surface area contributed by atoms with E-state index >= 15 is 0 Å². The molecule has 1 aromatic rings. The number of fused-ring (bicyclic) bond motifs is 1. The van der Waals surface area contributed by atoms with E-state index < -0.39 is 0 Å². The first kappa shape index (κ1) is 11.8. The molecule has 0 bridgehead atoms. The Bertz CT molecular complexity index is 436. The van der Waals surface area contributed by atoms with Crippen molar-refractivity contribution in [3.8, 4) is 11.5 Å². The van der Waals surface area contributed by atoms with Crippen molar-refractivity contribution in [3.63, 3.8) is 0 Å². The molecule has 98 valence electrons. The average molecular weight is 248 g/mol. The molecule has 4 nitrogen and oxygen atoms in total. The zero-order valence-corrected chi connectivity index (χ0v) is 11.0. The fourth-order valence-electron chi connectivity index (χ4n) is 2.62. The largest absolute Gasteiger partial charge is 0.454 e. The first-order chi connectivity index (χ1) is 8.74. The van der Waals surface area contributed by atoms with E-state index in [1.807, 2.05) is 6.07 Å². The van der Waals surface area contributed by atoms with Crippen molar-refractivity contribution in [2.75, 3.05) is 19.9 Å². The fraction of sp³-hybridized carbons (Fsp3) is 0.571. The van der Waals surface area contributed by atoms with Crippen LogP contribution in [0.4, 0.5) is 0 Å². The number of ether oxygens (including phenoxy) is 2. The maximum absolute atomic E-state index is 5.42. The normalized spacial score (nSPS) is 27.4. The Labute approximate surface area is 108 Å². The van der Waals surface area contributed by atoms with E-state index in [-0.39, 0.29) is 0 Å². The summed E-state index contributed by atoms with van der Waals surface area (Å²) >= 11 is 0. The molecule has 2 aliphatic rings. The molecule has 4 heteroatoms. The summed E-state index contributed by atoms with van der Waals surface area (Å²) in [5, 5.41) is 3.50. The van der Waals surface area contributed by atoms with Gasteiger partial charge in [0.1, 0.15) is 0 Å². The smallest absolute Gasteiger partial charge is 0.231 e. The Morgan fingerprint density at radius 1 is 1.28 bits per heavy atom. The second kappa shape index (κ2) is 4.78. The van der Waals surface area contributed by atoms with E-state index in [9.17, 15) is 0 Å². The van der Waals surface area contributed by atoms with Crippen LogP contribution in [-0.2, 0) is 6.54 Å². The lowest BCUT2D eigenvalue weighted by molar-refractivity contribution is 0.130. The highest BCUT2D eigenvalue weighted by Crippen LogP contribution is 2.33. The molecule has 1 fully saturated rings. The molecule has 2 heterocycles. The minimum absolute atomic E-state index is 0.347. The minimum atomic E-state index is 0.347. The van der Waals surface area contributed by atoms with Crippen molar-refractivity contribution >= 4 is 0 Å². The Morgan fingerprint density at radius 2 is 2.11 bits per heavy atom. The lowest BCUT2D eigenvalue weighted by Gasteiger charge is -2.38. The summed E-state index contributed by atoms with van der Waals surface area (Å²) < 4.78 is 10.8. The highest BCUT2D eigenvalue weighted by molar-refractivity contribution is 5.44. The van der Waals surface area contributed by atoms with Crippen LogP contribution in [0.15, 0.2) is 18.2 Å². The molecule has 2 aliphatic heterocycles. The summed E-state index contributed by atoms with van der Waals surface area (Å²) in [5.74, 6) is 1.74. The van der Waals surface area contributed by atoms with Gasteiger partial charge in [-0.3, -0.25) is 4.90 Å². The first-order valence-corrected chi connectivity index (χ1v) is 6.60. The van der Waals surface area contributed by atoms with Gasteiger partial charge in [-0.05, 0) is 31.5 Å². The molecule has 1 aromatic carbocycles. The third-order valence-electron chi connectivity index (χ3n) is 3.99. The second-order valence-corrected chi connectivity index (χ2v) is 5.14. The van der Waals surface area contributed by atoms with Crippen molar-refractivity contribution in [2.45, 2.75) is 32.5 Å². The molecule has 0 spiro atoms. The second-order valence-electron chi connectivity index (χ2n) is 5.14. The third kappa shape index (κ3) is 2.18. The van der Waals surface area contributed by atoms with Gasteiger partial charge in [0.15, 0.2) is 11.5 Å². The number of nitrogens with zero attached hydrogens (tertiary/aromatic N) is 1. The van der Waals surface area contributed by atoms with Crippen LogP contribution in [0.1, 0.15) is 19.4 Å². The fourth-order valence-corrected chi connectivity index (χ4v) is 2.62. The monoisotopic (exact) mass is 248 g/mol. The topological polar surface area (TPSA) is 33.7 Å². The molecule has 0 aromatic heterocycles. The maximum atomic E-state index is 5.42. The Morgan fingerprint density at radius 3 is 3.00 bits per heavy atom. The van der Waals surface area contributed by atoms with Crippen LogP contribution in [0.5, 0.6) is 11.5 Å². The lowest BCUT2D eigenvalue weighted by Crippen LogP contribution is -2.54. The van der Waals surface area contributed by atoms with E-state index in [2.05, 4.69) is 36.2 Å². The molecule has 1 N–H and O–H groups in total. The van der Waals surface area contributed by atoms with E-state index in [0.717, 1.165) is 31.1 Å². The van der Waals surface area contributed by atoms with Crippen LogP contribution >= 0.6 is 0 Å². The molecular weight excluding hydrogens is 228 g/mol. The zero-order chi connectivity index (χ0) is 12.5. The van der Waals surface area contributed by atoms with Crippen molar-refractivity contribution in [3.05, 3.63) is 23.8 Å². The molecule has 0 aliphatic carbocycles. The van der Waals surface area contributed by atoms with Gasteiger partial charge in [0.25, 0.3) is 0 Å². The van der Waals surface area contributed by atoms with E-state index in [1.54, 1.807) is 0 Å². The molecule has 18 heavy (non-hydrogen) atoms. The Hall–Kier alpha value is -1.26. The minimum Gasteiger partial charge on any atom is -0.454 e. The van der Waals surface area contributed by atoms with E-state index in [4.69, 9.17) is 9.47 Å². The molecule has 2 atom stereocenters. The van der Waals surface area contributed by atoms with Gasteiger partial charge in [-0.25, -0.2) is 0 Å². The summed E-state index contributed by atoms with van der Waals surface area (Å²) in [4.78, 5) is 2.51. The molecule has 3 rings (SSSR count). The predicted molar refractivity (Wildman–Crippen MR) is 69.9 cm³/mol. The van der Waals surface area contributed by atoms with Crippen molar-refractivity contribution < 1.29 is 9.47 Å². The maximum Gasteiger partial charge on any atom is 0.231 e. The van der Waals surface area contributed by atoms with Gasteiger partial charge < -0.3 is 14.8 Å². The highest BCUT2D eigenvalue weighted by Gasteiger charge is 2.24. The standard InChI is InChI=1S/C14H20N2O2/c1-10-11(2)16(6-5-15-10)8-12-3-4-13-14(7-12)18-9-17-13/h3-4,7,10-11,15H,5-6,8-9H2,1-2H3. The lowest BCUT2D eigenvalue weighted by atomic mass is 10.1. The van der Waals surface area contributed by atoms with Crippen molar-refractivity contribution in [1.29, 1.82) is 0 Å². The van der Waals surface area contributed by atoms with E-state index in [0.29, 0.717) is 18.9 Å². The third-order valence-corrected chi connectivity index (χ3v) is 3.99. The Balaban J connectivity index is 1.72. The van der Waals surface area contributed by atoms with Crippen LogP contribution < -0.4 is 14.8 Å². The van der Waals surface area contributed by atoms with Crippen LogP contribution in [0.2, 0.25) is 0 Å². The highest BCUT2D eigenvalue weighted by atomic mass is 16.7. The van der Waals surface area contributed by atoms with Crippen LogP contribution in [0.25, 0.3) is 0 Å². The Kier molecular flexibility index (Phi) is 3.14. The summed E-state index contributed by atoms with van der Waals surface area (Å²) in [7, 11) is 0. The van der Waals surface area contributed by atoms with Crippen molar-refractivity contribution in [1.82, 2.24) is 10.2 Å². The average Bonchev–Trinajstić information content (AvgIpc) is 2.82. The van der Waals surface area contributed by atoms with Gasteiger partial charge >= 0.3 is 0 Å². The molecule has 0 saturated carbocycles. The number of hydrogen-bond acceptors (Lipinski definition) is 4. The number of rotatable bonds is 2. The number of nitrogens with one attached hydrogen (secondary N) is 1. The van der Waals surface area contributed by atoms with Crippen LogP contribution in [0.3, 0.4) is 0 Å². The van der Waals surface area contributed by atoms with Gasteiger partial charge in [0.05, 0.1) is 0 Å². The number of piperazine rings is 1. The molecule has 2 unspecified atom stereocenters. The van der Waals surface area contributed by atoms with Gasteiger partial charge in [0, 0.05) is 31.7 Å². The summed E-state index contributed by atoms with van der Waals surface area (Å²) in [5.41, 5.74) is 1.29. The van der Waals surface area contributed by atoms with Crippen LogP contribution in [0, 0.1) is 0 Å². The molecular formula is C14H20N2O2. The van der Waals surface area contributed by atoms with E-state index in [1.165, 1.54) is 5.56 Å². The van der Waals surface area contributed by atoms with Crippen molar-refractivity contribution in [2.24, 2.45) is 0 Å². The quantitative estimate of drug-likeness (QED) is 0.862. The first-order valence-electron chi connectivity index (χ1n) is 6.60. The number of hydrogen-bond donors (Lipinski definition) is 1. The summed E-state index contributed by atoms with van der Waals surface area (Å²) in [6.07, 6.45) is 0. The molecule has 0 amide bonds. The van der Waals surface area contributed by atoms with Gasteiger partial charge in [0.2, 0.25) is 6.79 Å².